The van der Waals surface area contributed by atoms with Crippen molar-refractivity contribution in [3.05, 3.63) is 63.7 Å². The maximum absolute atomic E-state index is 14.4. The lowest BCUT2D eigenvalue weighted by Gasteiger charge is -2.43. The minimum absolute atomic E-state index is 0.00773. The van der Waals surface area contributed by atoms with Crippen LogP contribution < -0.4 is 15.8 Å². The van der Waals surface area contributed by atoms with E-state index < -0.39 is 22.4 Å². The molecular weight excluding hydrogens is 513 g/mol. The second-order valence-electron chi connectivity index (χ2n) is 9.12. The number of anilines is 1. The van der Waals surface area contributed by atoms with E-state index >= 15 is 0 Å². The normalized spacial score (nSPS) is 17.9. The highest BCUT2D eigenvalue weighted by Gasteiger charge is 2.37. The van der Waals surface area contributed by atoms with Crippen LogP contribution in [-0.2, 0) is 16.6 Å². The van der Waals surface area contributed by atoms with E-state index in [0.717, 1.165) is 4.68 Å². The van der Waals surface area contributed by atoms with Crippen LogP contribution in [0, 0.1) is 5.82 Å². The molecule has 0 aliphatic carbocycles. The molecule has 186 valence electrons. The molecule has 3 N–H and O–H groups in total. The van der Waals surface area contributed by atoms with Gasteiger partial charge in [-0.15, -0.1) is 5.11 Å². The number of hydrogen-bond acceptors (Lipinski definition) is 6. The van der Waals surface area contributed by atoms with Gasteiger partial charge in [0.15, 0.2) is 16.7 Å². The predicted octanol–water partition coefficient (Wildman–Crippen LogP) is 1.90. The minimum atomic E-state index is -2.15. The third-order valence-corrected chi connectivity index (χ3v) is 6.65. The molecule has 1 atom stereocenters. The molecule has 3 aromatic rings. The minimum Gasteiger partial charge on any atom is -0.482 e. The zero-order valence-corrected chi connectivity index (χ0v) is 21.9. The molecule has 3 heterocycles. The summed E-state index contributed by atoms with van der Waals surface area (Å²) in [6.45, 7) is 1.70. The molecule has 0 spiro atoms. The van der Waals surface area contributed by atoms with Gasteiger partial charge < -0.3 is 15.8 Å². The summed E-state index contributed by atoms with van der Waals surface area (Å²) in [5.41, 5.74) is 9.42. The highest BCUT2D eigenvalue weighted by atomic mass is 35.5. The standard InChI is InChI=1S/C24H19B5ClFN6O2/c1-11-16-7-14(31)3-4-15(16)19(32)12(8-33-2)5-17-20(13-6-18(39-11)22(34-9-13)35-10-38)37(36-21(17)30)24(28,29)23(25,26)27/h3-4,6-11H,5,32H2,1-2H3,(H,34,35,38)/b19-12-,33-8?/t11-/m1/s1. The number of pyridine rings is 1. The quantitative estimate of drug-likeness (QED) is 0.297. The van der Waals surface area contributed by atoms with Crippen molar-refractivity contribution in [2.45, 2.75) is 29.9 Å². The van der Waals surface area contributed by atoms with Crippen molar-refractivity contribution in [2.24, 2.45) is 10.7 Å². The van der Waals surface area contributed by atoms with Gasteiger partial charge in [-0.2, -0.15) is 5.10 Å². The highest BCUT2D eigenvalue weighted by molar-refractivity contribution is 6.66. The summed E-state index contributed by atoms with van der Waals surface area (Å²) in [5, 5.41) is 2.51. The van der Waals surface area contributed by atoms with Crippen molar-refractivity contribution in [1.29, 1.82) is 0 Å². The Bertz CT molecular complexity index is 1500. The van der Waals surface area contributed by atoms with Gasteiger partial charge >= 0.3 is 0 Å². The number of nitrogens with zero attached hydrogens (tertiary/aromatic N) is 4. The number of nitrogens with one attached hydrogen (secondary N) is 1. The molecule has 0 unspecified atom stereocenters. The van der Waals surface area contributed by atoms with Crippen molar-refractivity contribution in [1.82, 2.24) is 14.8 Å². The number of allylic oxidation sites excluding steroid dienone is 1. The summed E-state index contributed by atoms with van der Waals surface area (Å²) < 4.78 is 21.7. The monoisotopic (exact) mass is 532 g/mol. The number of fused-ring (bicyclic) bond motifs is 5. The Morgan fingerprint density at radius 2 is 2.00 bits per heavy atom. The van der Waals surface area contributed by atoms with Crippen molar-refractivity contribution >= 4 is 75.0 Å². The van der Waals surface area contributed by atoms with Crippen molar-refractivity contribution < 1.29 is 13.9 Å². The Labute approximate surface area is 237 Å². The number of hydrogen-bond donors (Lipinski definition) is 2. The summed E-state index contributed by atoms with van der Waals surface area (Å²) in [5.74, 6) is -0.264. The van der Waals surface area contributed by atoms with Crippen molar-refractivity contribution in [3.8, 4) is 17.0 Å². The molecule has 10 radical (unpaired) electrons. The largest absolute Gasteiger partial charge is 0.482 e. The fourth-order valence-corrected chi connectivity index (χ4v) is 4.49. The van der Waals surface area contributed by atoms with E-state index in [4.69, 9.17) is 61.3 Å². The van der Waals surface area contributed by atoms with Crippen LogP contribution in [0.3, 0.4) is 0 Å². The van der Waals surface area contributed by atoms with Crippen LogP contribution >= 0.6 is 11.6 Å². The maximum atomic E-state index is 14.4. The summed E-state index contributed by atoms with van der Waals surface area (Å²) in [4.78, 5) is 19.8. The van der Waals surface area contributed by atoms with Gasteiger partial charge in [0.2, 0.25) is 6.41 Å². The molecule has 4 rings (SSSR count). The molecule has 1 amide bonds. The van der Waals surface area contributed by atoms with E-state index in [9.17, 15) is 9.18 Å². The first-order chi connectivity index (χ1) is 18.3. The van der Waals surface area contributed by atoms with Crippen LogP contribution in [0.1, 0.15) is 29.7 Å². The number of rotatable bonds is 5. The van der Waals surface area contributed by atoms with Gasteiger partial charge in [0.05, 0.1) is 44.9 Å². The second-order valence-corrected chi connectivity index (χ2v) is 9.47. The third-order valence-electron chi connectivity index (χ3n) is 6.34. The Kier molecular flexibility index (Phi) is 7.80. The zero-order chi connectivity index (χ0) is 28.7. The third kappa shape index (κ3) is 5.26. The van der Waals surface area contributed by atoms with Crippen molar-refractivity contribution in [2.75, 3.05) is 12.4 Å². The fraction of sp³-hybridized carbons (Fsp3) is 0.250. The van der Waals surface area contributed by atoms with E-state index in [2.05, 4.69) is 20.4 Å². The van der Waals surface area contributed by atoms with Crippen LogP contribution in [-0.4, -0.2) is 73.7 Å². The average molecular weight is 532 g/mol. The average Bonchev–Trinajstić information content (AvgIpc) is 3.19. The van der Waals surface area contributed by atoms with Crippen LogP contribution in [0.15, 0.2) is 41.0 Å². The first-order valence-electron chi connectivity index (χ1n) is 11.6. The zero-order valence-electron chi connectivity index (χ0n) is 21.2. The number of amides is 1. The van der Waals surface area contributed by atoms with Gasteiger partial charge in [0.25, 0.3) is 0 Å². The van der Waals surface area contributed by atoms with Gasteiger partial charge in [0.1, 0.15) is 11.9 Å². The summed E-state index contributed by atoms with van der Waals surface area (Å²) in [6.07, 6.45) is 2.73. The highest BCUT2D eigenvalue weighted by Crippen LogP contribution is 2.42. The number of aliphatic imine (C=N–C) groups is 1. The first-order valence-corrected chi connectivity index (χ1v) is 12.0. The Morgan fingerprint density at radius 3 is 2.64 bits per heavy atom. The predicted molar refractivity (Wildman–Crippen MR) is 154 cm³/mol. The van der Waals surface area contributed by atoms with Gasteiger partial charge in [-0.25, -0.2) is 9.37 Å². The first kappa shape index (κ1) is 28.6. The van der Waals surface area contributed by atoms with E-state index in [0.29, 0.717) is 34.2 Å². The topological polar surface area (TPSA) is 107 Å². The molecule has 39 heavy (non-hydrogen) atoms. The number of carbonyl (C=O) groups is 1. The number of aromatic nitrogens is 3. The summed E-state index contributed by atoms with van der Waals surface area (Å²) in [7, 11) is 31.9. The smallest absolute Gasteiger partial charge is 0.212 e. The molecule has 0 fully saturated rings. The Hall–Kier alpha value is -3.40. The number of halogens is 2. The molecule has 1 aliphatic heterocycles. The van der Waals surface area contributed by atoms with Crippen LogP contribution in [0.25, 0.3) is 17.0 Å². The fourth-order valence-electron chi connectivity index (χ4n) is 4.25. The van der Waals surface area contributed by atoms with Crippen LogP contribution in [0.5, 0.6) is 5.75 Å². The molecule has 0 saturated carbocycles. The van der Waals surface area contributed by atoms with E-state index in [1.165, 1.54) is 24.4 Å². The van der Waals surface area contributed by atoms with E-state index in [-0.39, 0.29) is 34.5 Å². The molecule has 2 bridgehead atoms. The van der Waals surface area contributed by atoms with Gasteiger partial charge in [-0.05, 0) is 42.1 Å². The molecule has 1 aliphatic rings. The summed E-state index contributed by atoms with van der Waals surface area (Å²) >= 11 is 6.63. The lowest BCUT2D eigenvalue weighted by molar-refractivity contribution is -0.105. The summed E-state index contributed by atoms with van der Waals surface area (Å²) in [6, 6.07) is 5.70. The van der Waals surface area contributed by atoms with Crippen LogP contribution in [0.2, 0.25) is 10.3 Å². The Balaban J connectivity index is 2.13. The van der Waals surface area contributed by atoms with Gasteiger partial charge in [-0.3, -0.25) is 14.5 Å². The SMILES string of the molecule is [B]C([B])([B])C([B])([B])n1nc(Cl)c2c1-c1cnc(NC=O)c(c1)O[C@H](C)c1cc(F)ccc1/C(N)=C(/C=NC)C2. The number of nitrogens with two attached hydrogens (primary N) is 1. The van der Waals surface area contributed by atoms with Crippen LogP contribution in [0.4, 0.5) is 10.2 Å². The lowest BCUT2D eigenvalue weighted by Crippen LogP contribution is -2.49. The second kappa shape index (κ2) is 10.6. The molecule has 2 aromatic heterocycles. The number of carbonyl (C=O) groups excluding carboxylic acids is 1. The molecule has 15 heteroatoms. The van der Waals surface area contributed by atoms with Gasteiger partial charge in [0, 0.05) is 53.8 Å². The molecule has 8 nitrogen and oxygen atoms in total. The van der Waals surface area contributed by atoms with E-state index in [1.807, 2.05) is 0 Å². The lowest BCUT2D eigenvalue weighted by atomic mass is 9.26. The molecular formula is C24H19B5ClFN6O2. The molecule has 1 aromatic carbocycles. The maximum Gasteiger partial charge on any atom is 0.212 e. The van der Waals surface area contributed by atoms with Crippen molar-refractivity contribution in [3.63, 3.8) is 0 Å². The Morgan fingerprint density at radius 1 is 1.28 bits per heavy atom. The van der Waals surface area contributed by atoms with E-state index in [1.54, 1.807) is 26.3 Å². The number of ether oxygens (including phenoxy) is 1. The number of benzene rings is 1. The van der Waals surface area contributed by atoms with Gasteiger partial charge in [-0.1, -0.05) is 11.6 Å². The molecule has 0 saturated heterocycles.